The van der Waals surface area contributed by atoms with E-state index in [-0.39, 0.29) is 16.5 Å². The van der Waals surface area contributed by atoms with Crippen LogP contribution in [0.25, 0.3) is 0 Å². The lowest BCUT2D eigenvalue weighted by Crippen LogP contribution is -2.20. The van der Waals surface area contributed by atoms with Crippen LogP contribution in [0.3, 0.4) is 0 Å². The lowest BCUT2D eigenvalue weighted by Gasteiger charge is -2.11. The molecule has 0 saturated carbocycles. The van der Waals surface area contributed by atoms with E-state index in [2.05, 4.69) is 4.65 Å². The Bertz CT molecular complexity index is 332. The number of methoxy groups -OCH3 is 1. The van der Waals surface area contributed by atoms with Crippen LogP contribution in [0.5, 0.6) is 11.5 Å². The Morgan fingerprint density at radius 2 is 1.93 bits per heavy atom. The molecule has 0 amide bonds. The van der Waals surface area contributed by atoms with E-state index in [9.17, 15) is 0 Å². The van der Waals surface area contributed by atoms with Gasteiger partial charge in [-0.05, 0) is 12.1 Å². The topological polar surface area (TPSA) is 58.9 Å². The Morgan fingerprint density at radius 1 is 1.29 bits per heavy atom. The fourth-order valence-corrected chi connectivity index (χ4v) is 1.48. The van der Waals surface area contributed by atoms with Crippen molar-refractivity contribution in [1.29, 1.82) is 0 Å². The van der Waals surface area contributed by atoms with Crippen molar-refractivity contribution in [3.05, 3.63) is 22.2 Å². The van der Waals surface area contributed by atoms with Crippen LogP contribution in [0, 0.1) is 0 Å². The minimum absolute atomic E-state index is 0.0860. The van der Waals surface area contributed by atoms with Crippen molar-refractivity contribution in [2.45, 2.75) is 0 Å². The molecule has 0 fully saturated rings. The van der Waals surface area contributed by atoms with Crippen LogP contribution in [0.1, 0.15) is 0 Å². The maximum atomic E-state index is 8.56. The molecule has 14 heavy (non-hydrogen) atoms. The Hall–Kier alpha value is -0.615. The number of hydrogen-bond acceptors (Lipinski definition) is 4. The molecular weight excluding hydrogens is 230 g/mol. The van der Waals surface area contributed by atoms with E-state index in [1.807, 2.05) is 0 Å². The van der Waals surface area contributed by atoms with Crippen LogP contribution in [0.15, 0.2) is 12.1 Å². The SMILES string of the molecule is COc1c(Cl)ccc(OB(O)O)c1Cl. The maximum Gasteiger partial charge on any atom is 0.707 e. The fraction of sp³-hybridized carbons (Fsp3) is 0.143. The summed E-state index contributed by atoms with van der Waals surface area (Å²) in [6, 6.07) is 2.89. The molecule has 0 aliphatic heterocycles. The highest BCUT2D eigenvalue weighted by Crippen LogP contribution is 2.39. The molecule has 0 radical (unpaired) electrons. The predicted molar refractivity (Wildman–Crippen MR) is 53.8 cm³/mol. The summed E-state index contributed by atoms with van der Waals surface area (Å²) >= 11 is 11.5. The van der Waals surface area contributed by atoms with Gasteiger partial charge in [-0.1, -0.05) is 23.2 Å². The van der Waals surface area contributed by atoms with E-state index in [4.69, 9.17) is 38.0 Å². The summed E-state index contributed by atoms with van der Waals surface area (Å²) in [6.45, 7) is 0. The third kappa shape index (κ3) is 2.45. The van der Waals surface area contributed by atoms with E-state index in [1.54, 1.807) is 0 Å². The van der Waals surface area contributed by atoms with E-state index in [0.717, 1.165) is 0 Å². The van der Waals surface area contributed by atoms with Gasteiger partial charge in [-0.25, -0.2) is 0 Å². The van der Waals surface area contributed by atoms with Crippen LogP contribution in [-0.4, -0.2) is 24.5 Å². The van der Waals surface area contributed by atoms with Crippen molar-refractivity contribution >= 4 is 30.5 Å². The molecule has 4 nitrogen and oxygen atoms in total. The van der Waals surface area contributed by atoms with E-state index < -0.39 is 7.32 Å². The molecule has 0 saturated heterocycles. The van der Waals surface area contributed by atoms with Crippen LogP contribution in [0.2, 0.25) is 10.0 Å². The number of halogens is 2. The largest absolute Gasteiger partial charge is 0.707 e. The summed E-state index contributed by atoms with van der Waals surface area (Å²) in [5.74, 6) is 0.314. The molecule has 0 aromatic heterocycles. The first-order chi connectivity index (χ1) is 6.56. The van der Waals surface area contributed by atoms with Gasteiger partial charge in [-0.3, -0.25) is 0 Å². The van der Waals surface area contributed by atoms with Crippen molar-refractivity contribution < 1.29 is 19.4 Å². The minimum atomic E-state index is -1.93. The molecule has 0 atom stereocenters. The molecule has 0 bridgehead atoms. The zero-order chi connectivity index (χ0) is 10.7. The summed E-state index contributed by atoms with van der Waals surface area (Å²) < 4.78 is 9.47. The highest BCUT2D eigenvalue weighted by molar-refractivity contribution is 6.39. The van der Waals surface area contributed by atoms with E-state index in [1.165, 1.54) is 19.2 Å². The van der Waals surface area contributed by atoms with Gasteiger partial charge in [0, 0.05) is 0 Å². The van der Waals surface area contributed by atoms with Gasteiger partial charge in [-0.15, -0.1) is 0 Å². The third-order valence-corrected chi connectivity index (χ3v) is 2.11. The lowest BCUT2D eigenvalue weighted by molar-refractivity contribution is 0.287. The normalized spacial score (nSPS) is 9.79. The van der Waals surface area contributed by atoms with Crippen molar-refractivity contribution in [3.8, 4) is 11.5 Å². The molecule has 0 aliphatic rings. The Kier molecular flexibility index (Phi) is 3.89. The maximum absolute atomic E-state index is 8.56. The van der Waals surface area contributed by atoms with Gasteiger partial charge in [0.05, 0.1) is 12.1 Å². The van der Waals surface area contributed by atoms with E-state index in [0.29, 0.717) is 5.02 Å². The first-order valence-electron chi connectivity index (χ1n) is 3.61. The van der Waals surface area contributed by atoms with Crippen molar-refractivity contribution in [2.75, 3.05) is 7.11 Å². The number of ether oxygens (including phenoxy) is 1. The van der Waals surface area contributed by atoms with Gasteiger partial charge in [0.15, 0.2) is 5.75 Å². The summed E-state index contributed by atoms with van der Waals surface area (Å²) in [5, 5.41) is 17.5. The first-order valence-corrected chi connectivity index (χ1v) is 4.36. The molecule has 76 valence electrons. The van der Waals surface area contributed by atoms with Gasteiger partial charge >= 0.3 is 7.32 Å². The molecule has 0 aliphatic carbocycles. The first kappa shape index (κ1) is 11.5. The molecule has 1 aromatic rings. The quantitative estimate of drug-likeness (QED) is 0.778. The average Bonchev–Trinajstić information content (AvgIpc) is 2.10. The predicted octanol–water partition coefficient (Wildman–Crippen LogP) is 1.35. The van der Waals surface area contributed by atoms with Crippen molar-refractivity contribution in [2.24, 2.45) is 0 Å². The molecule has 2 N–H and O–H groups in total. The van der Waals surface area contributed by atoms with E-state index >= 15 is 0 Å². The minimum Gasteiger partial charge on any atom is -0.511 e. The third-order valence-electron chi connectivity index (χ3n) is 1.45. The molecule has 1 rings (SSSR count). The second-order valence-corrected chi connectivity index (χ2v) is 3.12. The summed E-state index contributed by atoms with van der Waals surface area (Å²) in [7, 11) is -0.537. The van der Waals surface area contributed by atoms with Crippen molar-refractivity contribution in [1.82, 2.24) is 0 Å². The van der Waals surface area contributed by atoms with Gasteiger partial charge in [0.2, 0.25) is 0 Å². The van der Waals surface area contributed by atoms with Gasteiger partial charge in [0.1, 0.15) is 10.8 Å². The standard InChI is InChI=1S/C7H7BCl2O4/c1-13-7-4(9)2-3-5(6(7)10)14-8(11)12/h2-3,11-12H,1H3. The Balaban J connectivity index is 3.08. The number of hydrogen-bond donors (Lipinski definition) is 2. The summed E-state index contributed by atoms with van der Waals surface area (Å²) in [6.07, 6.45) is 0. The zero-order valence-electron chi connectivity index (χ0n) is 7.20. The summed E-state index contributed by atoms with van der Waals surface area (Å²) in [5.41, 5.74) is 0. The number of benzene rings is 1. The van der Waals surface area contributed by atoms with Crippen LogP contribution >= 0.6 is 23.2 Å². The molecule has 0 spiro atoms. The summed E-state index contributed by atoms with van der Waals surface area (Å²) in [4.78, 5) is 0. The van der Waals surface area contributed by atoms with Crippen LogP contribution in [0.4, 0.5) is 0 Å². The van der Waals surface area contributed by atoms with Gasteiger partial charge in [0.25, 0.3) is 0 Å². The van der Waals surface area contributed by atoms with Gasteiger partial charge in [-0.2, -0.15) is 0 Å². The highest BCUT2D eigenvalue weighted by Gasteiger charge is 2.17. The second-order valence-electron chi connectivity index (χ2n) is 2.34. The molecule has 7 heteroatoms. The van der Waals surface area contributed by atoms with Gasteiger partial charge < -0.3 is 19.4 Å². The Labute approximate surface area is 91.1 Å². The monoisotopic (exact) mass is 236 g/mol. The van der Waals surface area contributed by atoms with Crippen molar-refractivity contribution in [3.63, 3.8) is 0 Å². The fourth-order valence-electron chi connectivity index (χ4n) is 0.906. The molecule has 1 aromatic carbocycles. The molecule has 0 unspecified atom stereocenters. The average molecular weight is 237 g/mol. The lowest BCUT2D eigenvalue weighted by atomic mass is 10.2. The second kappa shape index (κ2) is 4.75. The molecule has 0 heterocycles. The molecular formula is C7H7BCl2O4. The number of rotatable bonds is 3. The highest BCUT2D eigenvalue weighted by atomic mass is 35.5. The Morgan fingerprint density at radius 3 is 2.43 bits per heavy atom. The van der Waals surface area contributed by atoms with Crippen LogP contribution < -0.4 is 9.39 Å². The van der Waals surface area contributed by atoms with Crippen LogP contribution in [-0.2, 0) is 0 Å². The zero-order valence-corrected chi connectivity index (χ0v) is 8.71. The smallest absolute Gasteiger partial charge is 0.511 e.